The molecule has 1 aliphatic rings. The van der Waals surface area contributed by atoms with Crippen molar-refractivity contribution in [1.29, 1.82) is 0 Å². The molecule has 1 fully saturated rings. The highest BCUT2D eigenvalue weighted by atomic mass is 35.5. The van der Waals surface area contributed by atoms with Gasteiger partial charge in [-0.15, -0.1) is 12.4 Å². The molecule has 0 aliphatic carbocycles. The van der Waals surface area contributed by atoms with E-state index in [1.54, 1.807) is 13.0 Å². The Kier molecular flexibility index (Phi) is 10.1. The average molecular weight is 485 g/mol. The normalized spacial score (nSPS) is 16.5. The van der Waals surface area contributed by atoms with Crippen molar-refractivity contribution < 1.29 is 27.4 Å². The molecule has 2 aromatic rings. The monoisotopic (exact) mass is 484 g/mol. The second-order valence-electron chi connectivity index (χ2n) is 7.54. The Hall–Kier alpha value is -2.71. The number of carbonyl (C=O) groups is 1. The zero-order valence-corrected chi connectivity index (χ0v) is 19.1. The lowest BCUT2D eigenvalue weighted by Gasteiger charge is -2.24. The second-order valence-corrected chi connectivity index (χ2v) is 7.54. The number of piperidine rings is 1. The molecule has 1 amide bonds. The van der Waals surface area contributed by atoms with Crippen molar-refractivity contribution in [2.75, 3.05) is 19.7 Å². The van der Waals surface area contributed by atoms with E-state index in [1.807, 2.05) is 30.3 Å². The van der Waals surface area contributed by atoms with Gasteiger partial charge in [0.1, 0.15) is 17.3 Å². The average Bonchev–Trinajstić information content (AvgIpc) is 2.80. The highest BCUT2D eigenvalue weighted by Crippen LogP contribution is 2.29. The summed E-state index contributed by atoms with van der Waals surface area (Å²) < 4.78 is 48.5. The molecule has 2 aromatic carbocycles. The van der Waals surface area contributed by atoms with E-state index in [-0.39, 0.29) is 35.5 Å². The maximum atomic E-state index is 13.0. The summed E-state index contributed by atoms with van der Waals surface area (Å²) in [5, 5.41) is 6.21. The summed E-state index contributed by atoms with van der Waals surface area (Å²) in [6, 6.07) is 13.6. The van der Waals surface area contributed by atoms with Gasteiger partial charge in [0.15, 0.2) is 6.61 Å². The lowest BCUT2D eigenvalue weighted by molar-refractivity contribution is -0.153. The zero-order valence-electron chi connectivity index (χ0n) is 18.3. The molecule has 9 heteroatoms. The number of halogens is 4. The minimum absolute atomic E-state index is 0. The Balaban J connectivity index is 0.00000385. The molecule has 2 N–H and O–H groups in total. The fraction of sp³-hybridized carbons (Fsp3) is 0.375. The summed E-state index contributed by atoms with van der Waals surface area (Å²) in [4.78, 5) is 13.0. The number of carbonyl (C=O) groups excluding carboxylic acids is 1. The summed E-state index contributed by atoms with van der Waals surface area (Å²) in [6.45, 7) is 1.68. The van der Waals surface area contributed by atoms with Crippen molar-refractivity contribution in [2.45, 2.75) is 38.4 Å². The van der Waals surface area contributed by atoms with E-state index < -0.39 is 18.7 Å². The SMILES string of the molecule is CC=C(Oc1ccc(OCC(F)(F)F)cc1C(=O)NCC1CCCCN1)c1ccccc1.Cl. The maximum absolute atomic E-state index is 13.0. The number of allylic oxidation sites excluding steroid dienone is 1. The van der Waals surface area contributed by atoms with Crippen LogP contribution < -0.4 is 20.1 Å². The van der Waals surface area contributed by atoms with E-state index in [1.165, 1.54) is 18.2 Å². The number of ether oxygens (including phenoxy) is 2. The highest BCUT2D eigenvalue weighted by Gasteiger charge is 2.29. The Morgan fingerprint density at radius 2 is 1.94 bits per heavy atom. The molecule has 3 rings (SSSR count). The maximum Gasteiger partial charge on any atom is 0.422 e. The Morgan fingerprint density at radius 1 is 1.18 bits per heavy atom. The van der Waals surface area contributed by atoms with Crippen LogP contribution in [0.1, 0.15) is 42.1 Å². The molecule has 1 atom stereocenters. The third kappa shape index (κ3) is 8.29. The van der Waals surface area contributed by atoms with E-state index in [9.17, 15) is 18.0 Å². The smallest absolute Gasteiger partial charge is 0.422 e. The minimum Gasteiger partial charge on any atom is -0.484 e. The van der Waals surface area contributed by atoms with Crippen LogP contribution in [0.4, 0.5) is 13.2 Å². The van der Waals surface area contributed by atoms with Crippen molar-refractivity contribution in [3.8, 4) is 11.5 Å². The largest absolute Gasteiger partial charge is 0.484 e. The number of benzene rings is 2. The summed E-state index contributed by atoms with van der Waals surface area (Å²) in [5.41, 5.74) is 0.918. The van der Waals surface area contributed by atoms with E-state index in [2.05, 4.69) is 10.6 Å². The van der Waals surface area contributed by atoms with Gasteiger partial charge in [0.2, 0.25) is 0 Å². The lowest BCUT2D eigenvalue weighted by atomic mass is 10.0. The number of hydrogen-bond acceptors (Lipinski definition) is 4. The number of rotatable bonds is 8. The zero-order chi connectivity index (χ0) is 23.0. The summed E-state index contributed by atoms with van der Waals surface area (Å²) in [5.74, 6) is 0.263. The fourth-order valence-corrected chi connectivity index (χ4v) is 3.45. The first kappa shape index (κ1) is 26.5. The van der Waals surface area contributed by atoms with Gasteiger partial charge in [0.25, 0.3) is 5.91 Å². The van der Waals surface area contributed by atoms with Crippen LogP contribution in [0.5, 0.6) is 11.5 Å². The Bertz CT molecular complexity index is 930. The first-order chi connectivity index (χ1) is 15.4. The van der Waals surface area contributed by atoms with Gasteiger partial charge in [-0.25, -0.2) is 0 Å². The Morgan fingerprint density at radius 3 is 2.58 bits per heavy atom. The van der Waals surface area contributed by atoms with Crippen LogP contribution in [0.25, 0.3) is 5.76 Å². The Labute approximate surface area is 197 Å². The molecule has 0 spiro atoms. The third-order valence-corrected chi connectivity index (χ3v) is 5.06. The van der Waals surface area contributed by atoms with E-state index >= 15 is 0 Å². The first-order valence-corrected chi connectivity index (χ1v) is 10.6. The molecule has 1 aliphatic heterocycles. The summed E-state index contributed by atoms with van der Waals surface area (Å²) >= 11 is 0. The van der Waals surface area contributed by atoms with Crippen LogP contribution >= 0.6 is 12.4 Å². The van der Waals surface area contributed by atoms with Crippen LogP contribution in [-0.2, 0) is 0 Å². The molecular weight excluding hydrogens is 457 g/mol. The molecule has 180 valence electrons. The number of hydrogen-bond donors (Lipinski definition) is 2. The highest BCUT2D eigenvalue weighted by molar-refractivity contribution is 5.97. The number of alkyl halides is 3. The molecule has 0 aromatic heterocycles. The molecular formula is C24H28ClF3N2O3. The third-order valence-electron chi connectivity index (χ3n) is 5.06. The minimum atomic E-state index is -4.48. The van der Waals surface area contributed by atoms with Gasteiger partial charge in [-0.1, -0.05) is 36.8 Å². The standard InChI is InChI=1S/C24H27F3N2O3.ClH/c1-2-21(17-8-4-3-5-9-17)32-22-12-11-19(31-16-24(25,26)27)14-20(22)23(30)29-15-18-10-6-7-13-28-18;/h2-5,8-9,11-12,14,18,28H,6-7,10,13,15-16H2,1H3,(H,29,30);1H. The van der Waals surface area contributed by atoms with Gasteiger partial charge >= 0.3 is 6.18 Å². The topological polar surface area (TPSA) is 59.6 Å². The van der Waals surface area contributed by atoms with Crippen LogP contribution in [0.2, 0.25) is 0 Å². The first-order valence-electron chi connectivity index (χ1n) is 10.6. The summed E-state index contributed by atoms with van der Waals surface area (Å²) in [6.07, 6.45) is 0.429. The van der Waals surface area contributed by atoms with Gasteiger partial charge in [0, 0.05) is 18.2 Å². The molecule has 1 heterocycles. The predicted octanol–water partition coefficient (Wildman–Crippen LogP) is 5.36. The summed E-state index contributed by atoms with van der Waals surface area (Å²) in [7, 11) is 0. The van der Waals surface area contributed by atoms with Gasteiger partial charge in [-0.3, -0.25) is 4.79 Å². The van der Waals surface area contributed by atoms with Gasteiger partial charge in [-0.05, 0) is 50.6 Å². The molecule has 33 heavy (non-hydrogen) atoms. The van der Waals surface area contributed by atoms with Crippen molar-refractivity contribution in [1.82, 2.24) is 10.6 Å². The predicted molar refractivity (Wildman–Crippen MR) is 124 cm³/mol. The molecule has 1 saturated heterocycles. The van der Waals surface area contributed by atoms with Crippen molar-refractivity contribution in [3.05, 3.63) is 65.7 Å². The molecule has 0 radical (unpaired) electrons. The molecule has 0 saturated carbocycles. The van der Waals surface area contributed by atoms with Gasteiger partial charge < -0.3 is 20.1 Å². The van der Waals surface area contributed by atoms with Gasteiger partial charge in [0.05, 0.1) is 5.56 Å². The van der Waals surface area contributed by atoms with Crippen molar-refractivity contribution in [3.63, 3.8) is 0 Å². The molecule has 1 unspecified atom stereocenters. The van der Waals surface area contributed by atoms with Crippen LogP contribution in [0.3, 0.4) is 0 Å². The van der Waals surface area contributed by atoms with Gasteiger partial charge in [-0.2, -0.15) is 13.2 Å². The van der Waals surface area contributed by atoms with Crippen molar-refractivity contribution in [2.24, 2.45) is 0 Å². The fourth-order valence-electron chi connectivity index (χ4n) is 3.45. The number of nitrogens with one attached hydrogen (secondary N) is 2. The second kappa shape index (κ2) is 12.5. The van der Waals surface area contributed by atoms with E-state index in [0.29, 0.717) is 12.3 Å². The molecule has 5 nitrogen and oxygen atoms in total. The van der Waals surface area contributed by atoms with Crippen molar-refractivity contribution >= 4 is 24.1 Å². The lowest BCUT2D eigenvalue weighted by Crippen LogP contribution is -2.43. The van der Waals surface area contributed by atoms with Crippen LogP contribution in [0.15, 0.2) is 54.6 Å². The number of amides is 1. The van der Waals surface area contributed by atoms with E-state index in [4.69, 9.17) is 9.47 Å². The van der Waals surface area contributed by atoms with Crippen LogP contribution in [-0.4, -0.2) is 37.8 Å². The van der Waals surface area contributed by atoms with E-state index in [0.717, 1.165) is 31.4 Å². The van der Waals surface area contributed by atoms with Crippen LogP contribution in [0, 0.1) is 0 Å². The molecule has 0 bridgehead atoms. The quantitative estimate of drug-likeness (QED) is 0.495.